The Labute approximate surface area is 113 Å². The number of aromatic nitrogens is 1. The third-order valence-corrected chi connectivity index (χ3v) is 2.54. The van der Waals surface area contributed by atoms with E-state index in [1.54, 1.807) is 18.3 Å². The Morgan fingerprint density at radius 2 is 1.85 bits per heavy atom. The summed E-state index contributed by atoms with van der Waals surface area (Å²) in [4.78, 5) is 4.09. The lowest BCUT2D eigenvalue weighted by atomic mass is 10.1. The molecule has 0 saturated heterocycles. The van der Waals surface area contributed by atoms with Crippen molar-refractivity contribution in [2.45, 2.75) is 12.8 Å². The molecule has 2 aromatic rings. The topological polar surface area (TPSA) is 45.9 Å². The van der Waals surface area contributed by atoms with E-state index in [1.165, 1.54) is 24.3 Å². The summed E-state index contributed by atoms with van der Waals surface area (Å²) < 4.78 is 39.8. The lowest BCUT2D eigenvalue weighted by molar-refractivity contribution is -0.274. The molecule has 0 saturated carbocycles. The first-order valence-electron chi connectivity index (χ1n) is 5.66. The standard InChI is InChI=1S/C14H9F3N2O/c15-14(16,17)20-12-5-3-10(4-6-12)8-13-11(9-18)2-1-7-19-13/h1-7H,8H2. The fourth-order valence-electron chi connectivity index (χ4n) is 1.68. The molecule has 0 aliphatic carbocycles. The monoisotopic (exact) mass is 278 g/mol. The lowest BCUT2D eigenvalue weighted by Gasteiger charge is -2.09. The number of benzene rings is 1. The molecule has 0 fully saturated rings. The number of nitrogens with zero attached hydrogens (tertiary/aromatic N) is 2. The van der Waals surface area contributed by atoms with Gasteiger partial charge in [0.05, 0.1) is 11.3 Å². The Balaban J connectivity index is 2.13. The molecule has 3 nitrogen and oxygen atoms in total. The van der Waals surface area contributed by atoms with Crippen molar-refractivity contribution < 1.29 is 17.9 Å². The number of halogens is 3. The van der Waals surface area contributed by atoms with Gasteiger partial charge in [0.1, 0.15) is 11.8 Å². The zero-order valence-corrected chi connectivity index (χ0v) is 10.2. The van der Waals surface area contributed by atoms with Gasteiger partial charge in [-0.3, -0.25) is 4.98 Å². The minimum absolute atomic E-state index is 0.275. The second-order valence-electron chi connectivity index (χ2n) is 3.98. The molecule has 0 atom stereocenters. The highest BCUT2D eigenvalue weighted by molar-refractivity contribution is 5.37. The molecular formula is C14H9F3N2O. The van der Waals surface area contributed by atoms with E-state index in [0.29, 0.717) is 17.7 Å². The van der Waals surface area contributed by atoms with E-state index < -0.39 is 6.36 Å². The number of rotatable bonds is 3. The van der Waals surface area contributed by atoms with E-state index in [0.717, 1.165) is 5.56 Å². The van der Waals surface area contributed by atoms with Crippen molar-refractivity contribution in [2.75, 3.05) is 0 Å². The van der Waals surface area contributed by atoms with Crippen LogP contribution in [0.15, 0.2) is 42.6 Å². The number of hydrogen-bond donors (Lipinski definition) is 0. The van der Waals surface area contributed by atoms with Gasteiger partial charge in [0.25, 0.3) is 0 Å². The Bertz CT molecular complexity index is 630. The maximum absolute atomic E-state index is 12.0. The van der Waals surface area contributed by atoms with Crippen molar-refractivity contribution in [1.29, 1.82) is 5.26 Å². The summed E-state index contributed by atoms with van der Waals surface area (Å²) in [6.07, 6.45) is -2.76. The van der Waals surface area contributed by atoms with E-state index in [1.807, 2.05) is 6.07 Å². The molecule has 0 bridgehead atoms. The highest BCUT2D eigenvalue weighted by Crippen LogP contribution is 2.23. The molecule has 0 radical (unpaired) electrons. The van der Waals surface area contributed by atoms with Crippen LogP contribution < -0.4 is 4.74 Å². The Hall–Kier alpha value is -2.55. The average molecular weight is 278 g/mol. The Kier molecular flexibility index (Phi) is 3.89. The first-order valence-corrected chi connectivity index (χ1v) is 5.66. The third kappa shape index (κ3) is 3.72. The van der Waals surface area contributed by atoms with Crippen molar-refractivity contribution in [3.8, 4) is 11.8 Å². The summed E-state index contributed by atoms with van der Waals surface area (Å²) >= 11 is 0. The average Bonchev–Trinajstić information content (AvgIpc) is 2.40. The Morgan fingerprint density at radius 1 is 1.15 bits per heavy atom. The van der Waals surface area contributed by atoms with Gasteiger partial charge in [-0.25, -0.2) is 0 Å². The fourth-order valence-corrected chi connectivity index (χ4v) is 1.68. The number of nitriles is 1. The summed E-state index contributed by atoms with van der Waals surface area (Å²) in [5, 5.41) is 8.93. The molecule has 0 unspecified atom stereocenters. The van der Waals surface area contributed by atoms with Gasteiger partial charge in [-0.2, -0.15) is 5.26 Å². The first kappa shape index (κ1) is 13.9. The van der Waals surface area contributed by atoms with Crippen LogP contribution in [0, 0.1) is 11.3 Å². The zero-order chi connectivity index (χ0) is 14.6. The second kappa shape index (κ2) is 5.61. The predicted molar refractivity (Wildman–Crippen MR) is 64.9 cm³/mol. The molecule has 6 heteroatoms. The summed E-state index contributed by atoms with van der Waals surface area (Å²) in [5.41, 5.74) is 1.78. The maximum Gasteiger partial charge on any atom is 0.573 e. The van der Waals surface area contributed by atoms with E-state index >= 15 is 0 Å². The molecule has 20 heavy (non-hydrogen) atoms. The van der Waals surface area contributed by atoms with Crippen molar-refractivity contribution in [1.82, 2.24) is 4.98 Å². The number of ether oxygens (including phenoxy) is 1. The van der Waals surface area contributed by atoms with Crippen LogP contribution in [0.1, 0.15) is 16.8 Å². The van der Waals surface area contributed by atoms with Gasteiger partial charge in [-0.1, -0.05) is 12.1 Å². The highest BCUT2D eigenvalue weighted by atomic mass is 19.4. The minimum atomic E-state index is -4.70. The number of pyridine rings is 1. The molecule has 0 spiro atoms. The highest BCUT2D eigenvalue weighted by Gasteiger charge is 2.30. The molecule has 1 aromatic carbocycles. The van der Waals surface area contributed by atoms with Gasteiger partial charge in [0.2, 0.25) is 0 Å². The molecule has 1 heterocycles. The van der Waals surface area contributed by atoms with Gasteiger partial charge >= 0.3 is 6.36 Å². The quantitative estimate of drug-likeness (QED) is 0.864. The normalized spacial score (nSPS) is 10.9. The van der Waals surface area contributed by atoms with Crippen molar-refractivity contribution >= 4 is 0 Å². The van der Waals surface area contributed by atoms with Crippen LogP contribution in [0.4, 0.5) is 13.2 Å². The lowest BCUT2D eigenvalue weighted by Crippen LogP contribution is -2.17. The molecule has 102 valence electrons. The van der Waals surface area contributed by atoms with Crippen molar-refractivity contribution in [3.63, 3.8) is 0 Å². The van der Waals surface area contributed by atoms with Crippen LogP contribution in [0.25, 0.3) is 0 Å². The van der Waals surface area contributed by atoms with Gasteiger partial charge in [-0.15, -0.1) is 13.2 Å². The zero-order valence-electron chi connectivity index (χ0n) is 10.2. The Morgan fingerprint density at radius 3 is 2.45 bits per heavy atom. The molecule has 0 N–H and O–H groups in total. The minimum Gasteiger partial charge on any atom is -0.406 e. The molecular weight excluding hydrogens is 269 g/mol. The molecule has 0 amide bonds. The second-order valence-corrected chi connectivity index (χ2v) is 3.98. The van der Waals surface area contributed by atoms with Crippen LogP contribution in [-0.4, -0.2) is 11.3 Å². The summed E-state index contributed by atoms with van der Waals surface area (Å²) in [6.45, 7) is 0. The maximum atomic E-state index is 12.0. The van der Waals surface area contributed by atoms with E-state index in [2.05, 4.69) is 9.72 Å². The SMILES string of the molecule is N#Cc1cccnc1Cc1ccc(OC(F)(F)F)cc1. The van der Waals surface area contributed by atoms with Gasteiger partial charge in [-0.05, 0) is 29.8 Å². The third-order valence-electron chi connectivity index (χ3n) is 2.54. The predicted octanol–water partition coefficient (Wildman–Crippen LogP) is 3.44. The van der Waals surface area contributed by atoms with Crippen LogP contribution in [0.2, 0.25) is 0 Å². The first-order chi connectivity index (χ1) is 9.48. The molecule has 0 aliphatic rings. The van der Waals surface area contributed by atoms with Crippen molar-refractivity contribution in [2.24, 2.45) is 0 Å². The largest absolute Gasteiger partial charge is 0.573 e. The van der Waals surface area contributed by atoms with E-state index in [4.69, 9.17) is 5.26 Å². The smallest absolute Gasteiger partial charge is 0.406 e. The number of hydrogen-bond acceptors (Lipinski definition) is 3. The van der Waals surface area contributed by atoms with Crippen LogP contribution in [-0.2, 0) is 6.42 Å². The molecule has 1 aromatic heterocycles. The van der Waals surface area contributed by atoms with Gasteiger partial charge in [0.15, 0.2) is 0 Å². The summed E-state index contributed by atoms with van der Waals surface area (Å²) in [6, 6.07) is 10.8. The van der Waals surface area contributed by atoms with Crippen LogP contribution in [0.3, 0.4) is 0 Å². The fraction of sp³-hybridized carbons (Fsp3) is 0.143. The summed E-state index contributed by atoms with van der Waals surface area (Å²) in [5.74, 6) is -0.275. The molecule has 0 aliphatic heterocycles. The van der Waals surface area contributed by atoms with Crippen LogP contribution in [0.5, 0.6) is 5.75 Å². The van der Waals surface area contributed by atoms with E-state index in [-0.39, 0.29) is 5.75 Å². The summed E-state index contributed by atoms with van der Waals surface area (Å²) in [7, 11) is 0. The van der Waals surface area contributed by atoms with Gasteiger partial charge in [0, 0.05) is 12.6 Å². The number of alkyl halides is 3. The van der Waals surface area contributed by atoms with E-state index in [9.17, 15) is 13.2 Å². The van der Waals surface area contributed by atoms with Gasteiger partial charge < -0.3 is 4.74 Å². The molecule has 2 rings (SSSR count). The van der Waals surface area contributed by atoms with Crippen LogP contribution >= 0.6 is 0 Å². The van der Waals surface area contributed by atoms with Crippen molar-refractivity contribution in [3.05, 3.63) is 59.4 Å².